The van der Waals surface area contributed by atoms with Gasteiger partial charge in [-0.05, 0) is 26.3 Å². The van der Waals surface area contributed by atoms with E-state index in [0.717, 1.165) is 13.2 Å². The lowest BCUT2D eigenvalue weighted by atomic mass is 9.95. The van der Waals surface area contributed by atoms with Crippen molar-refractivity contribution < 1.29 is 4.74 Å². The Morgan fingerprint density at radius 2 is 1.90 bits per heavy atom. The van der Waals surface area contributed by atoms with Crippen molar-refractivity contribution in [1.29, 1.82) is 0 Å². The van der Waals surface area contributed by atoms with Crippen LogP contribution in [0, 0.1) is 6.42 Å². The van der Waals surface area contributed by atoms with Gasteiger partial charge in [0.2, 0.25) is 0 Å². The average Bonchev–Trinajstić information content (AvgIpc) is 1.86. The van der Waals surface area contributed by atoms with Gasteiger partial charge in [0.25, 0.3) is 0 Å². The quantitative estimate of drug-likeness (QED) is 0.490. The van der Waals surface area contributed by atoms with Gasteiger partial charge >= 0.3 is 0 Å². The lowest BCUT2D eigenvalue weighted by molar-refractivity contribution is -0.0487. The lowest BCUT2D eigenvalue weighted by Gasteiger charge is -2.43. The molecule has 57 valence electrons. The van der Waals surface area contributed by atoms with Gasteiger partial charge in [-0.25, -0.2) is 0 Å². The van der Waals surface area contributed by atoms with Crippen LogP contribution in [0.3, 0.4) is 0 Å². The lowest BCUT2D eigenvalue weighted by Crippen LogP contribution is -2.52. The number of piperidine rings is 1. The first-order valence-electron chi connectivity index (χ1n) is 3.99. The molecular weight excluding hydrogens is 126 g/mol. The van der Waals surface area contributed by atoms with E-state index in [9.17, 15) is 0 Å². The summed E-state index contributed by atoms with van der Waals surface area (Å²) < 4.78 is 5.45. The van der Waals surface area contributed by atoms with Crippen molar-refractivity contribution in [1.82, 2.24) is 4.90 Å². The predicted octanol–water partition coefficient (Wildman–Crippen LogP) is 0.684. The van der Waals surface area contributed by atoms with Gasteiger partial charge in [0.05, 0.1) is 13.2 Å². The number of hydrogen-bond acceptors (Lipinski definition) is 2. The van der Waals surface area contributed by atoms with E-state index >= 15 is 0 Å². The van der Waals surface area contributed by atoms with Gasteiger partial charge in [0, 0.05) is 12.1 Å². The van der Waals surface area contributed by atoms with E-state index in [2.05, 4.69) is 18.4 Å². The van der Waals surface area contributed by atoms with Crippen LogP contribution in [0.4, 0.5) is 0 Å². The van der Waals surface area contributed by atoms with Crippen molar-refractivity contribution in [2.24, 2.45) is 0 Å². The molecule has 0 spiro atoms. The van der Waals surface area contributed by atoms with E-state index in [1.54, 1.807) is 0 Å². The van der Waals surface area contributed by atoms with Crippen LogP contribution >= 0.6 is 0 Å². The summed E-state index contributed by atoms with van der Waals surface area (Å²) in [6, 6.07) is 1.35. The normalized spacial score (nSPS) is 41.7. The van der Waals surface area contributed by atoms with E-state index in [4.69, 9.17) is 4.74 Å². The number of likely N-dealkylation sites (N-methyl/N-ethyl adjacent to an activating group) is 1. The topological polar surface area (TPSA) is 12.5 Å². The largest absolute Gasteiger partial charge is 0.378 e. The zero-order valence-electron chi connectivity index (χ0n) is 6.42. The molecule has 0 aromatic heterocycles. The Hall–Kier alpha value is -0.0800. The van der Waals surface area contributed by atoms with Crippen molar-refractivity contribution >= 4 is 0 Å². The maximum absolute atomic E-state index is 5.45. The number of ether oxygens (including phenoxy) is 1. The molecule has 1 radical (unpaired) electrons. The molecule has 2 bridgehead atoms. The van der Waals surface area contributed by atoms with E-state index in [1.165, 1.54) is 12.8 Å². The zero-order chi connectivity index (χ0) is 6.97. The van der Waals surface area contributed by atoms with Crippen LogP contribution < -0.4 is 0 Å². The highest BCUT2D eigenvalue weighted by molar-refractivity contribution is 4.93. The molecule has 0 saturated carbocycles. The van der Waals surface area contributed by atoms with Crippen molar-refractivity contribution in [2.75, 3.05) is 20.3 Å². The van der Waals surface area contributed by atoms with Crippen LogP contribution in [0.2, 0.25) is 0 Å². The fraction of sp³-hybridized carbons (Fsp3) is 0.875. The maximum atomic E-state index is 5.45. The third-order valence-electron chi connectivity index (χ3n) is 2.65. The molecule has 2 saturated heterocycles. The number of morpholine rings is 1. The first kappa shape index (κ1) is 6.62. The zero-order valence-corrected chi connectivity index (χ0v) is 6.42. The minimum Gasteiger partial charge on any atom is -0.378 e. The summed E-state index contributed by atoms with van der Waals surface area (Å²) in [5.74, 6) is 0. The summed E-state index contributed by atoms with van der Waals surface area (Å²) in [7, 11) is 2.21. The fourth-order valence-corrected chi connectivity index (χ4v) is 1.82. The minimum absolute atomic E-state index is 0.674. The third-order valence-corrected chi connectivity index (χ3v) is 2.65. The highest BCUT2D eigenvalue weighted by atomic mass is 16.5. The van der Waals surface area contributed by atoms with Gasteiger partial charge in [-0.1, -0.05) is 0 Å². The van der Waals surface area contributed by atoms with Gasteiger partial charge in [-0.3, -0.25) is 4.90 Å². The first-order valence-corrected chi connectivity index (χ1v) is 3.99. The van der Waals surface area contributed by atoms with Gasteiger partial charge in [-0.15, -0.1) is 0 Å². The molecule has 2 fully saturated rings. The standard InChI is InChI=1S/C8H14NO/c1-9-7-3-2-4-8(9)6-10-5-7/h2,7-8H,3-6H2,1H3. The molecule has 2 heteroatoms. The van der Waals surface area contributed by atoms with Gasteiger partial charge in [-0.2, -0.15) is 0 Å². The monoisotopic (exact) mass is 140 g/mol. The van der Waals surface area contributed by atoms with Crippen LogP contribution in [0.5, 0.6) is 0 Å². The highest BCUT2D eigenvalue weighted by Crippen LogP contribution is 2.24. The summed E-state index contributed by atoms with van der Waals surface area (Å²) in [4.78, 5) is 2.46. The molecule has 2 aliphatic heterocycles. The van der Waals surface area contributed by atoms with E-state index in [-0.39, 0.29) is 0 Å². The summed E-state index contributed by atoms with van der Waals surface area (Å²) >= 11 is 0. The molecular formula is C8H14NO. The van der Waals surface area contributed by atoms with Crippen molar-refractivity contribution in [3.05, 3.63) is 6.42 Å². The second-order valence-electron chi connectivity index (χ2n) is 3.27. The molecule has 2 nitrogen and oxygen atoms in total. The second kappa shape index (κ2) is 2.51. The molecule has 2 heterocycles. The van der Waals surface area contributed by atoms with Crippen LogP contribution in [0.25, 0.3) is 0 Å². The number of fused-ring (bicyclic) bond motifs is 2. The molecule has 2 aliphatic rings. The smallest absolute Gasteiger partial charge is 0.0622 e. The molecule has 2 atom stereocenters. The summed E-state index contributed by atoms with van der Waals surface area (Å²) in [5.41, 5.74) is 0. The van der Waals surface area contributed by atoms with Crippen LogP contribution in [-0.2, 0) is 4.74 Å². The molecule has 10 heavy (non-hydrogen) atoms. The predicted molar refractivity (Wildman–Crippen MR) is 39.7 cm³/mol. The van der Waals surface area contributed by atoms with Crippen molar-refractivity contribution in [3.8, 4) is 0 Å². The van der Waals surface area contributed by atoms with Gasteiger partial charge in [0.15, 0.2) is 0 Å². The molecule has 0 amide bonds. The number of hydrogen-bond donors (Lipinski definition) is 0. The summed E-state index contributed by atoms with van der Waals surface area (Å²) in [5, 5.41) is 0. The molecule has 0 N–H and O–H groups in total. The van der Waals surface area contributed by atoms with E-state index in [1.807, 2.05) is 0 Å². The first-order chi connectivity index (χ1) is 4.88. The molecule has 2 rings (SSSR count). The maximum Gasteiger partial charge on any atom is 0.0622 e. The van der Waals surface area contributed by atoms with Crippen molar-refractivity contribution in [2.45, 2.75) is 24.9 Å². The summed E-state index contributed by atoms with van der Waals surface area (Å²) in [6.45, 7) is 1.87. The molecule has 0 aliphatic carbocycles. The number of rotatable bonds is 0. The summed E-state index contributed by atoms with van der Waals surface area (Å²) in [6.07, 6.45) is 4.83. The van der Waals surface area contributed by atoms with Crippen molar-refractivity contribution in [3.63, 3.8) is 0 Å². The van der Waals surface area contributed by atoms with Crippen LogP contribution in [-0.4, -0.2) is 37.2 Å². The van der Waals surface area contributed by atoms with E-state index < -0.39 is 0 Å². The molecule has 0 aromatic rings. The Morgan fingerprint density at radius 3 is 2.40 bits per heavy atom. The van der Waals surface area contributed by atoms with Crippen LogP contribution in [0.15, 0.2) is 0 Å². The van der Waals surface area contributed by atoms with Gasteiger partial charge in [0.1, 0.15) is 0 Å². The molecule has 0 aromatic carbocycles. The van der Waals surface area contributed by atoms with E-state index in [0.29, 0.717) is 12.1 Å². The second-order valence-corrected chi connectivity index (χ2v) is 3.27. The Balaban J connectivity index is 2.05. The number of nitrogens with zero attached hydrogens (tertiary/aromatic N) is 1. The Labute approximate surface area is 62.2 Å². The third kappa shape index (κ3) is 0.956. The average molecular weight is 140 g/mol. The Morgan fingerprint density at radius 1 is 1.30 bits per heavy atom. The highest BCUT2D eigenvalue weighted by Gasteiger charge is 2.31. The van der Waals surface area contributed by atoms with Crippen LogP contribution in [0.1, 0.15) is 12.8 Å². The van der Waals surface area contributed by atoms with Gasteiger partial charge < -0.3 is 4.74 Å². The Bertz CT molecular complexity index is 104. The fourth-order valence-electron chi connectivity index (χ4n) is 1.82. The Kier molecular flexibility index (Phi) is 1.66. The molecule has 2 unspecified atom stereocenters. The SMILES string of the molecule is CN1C2C[CH]CC1COC2. The minimum atomic E-state index is 0.674.